The number of carbonyl (C=O) groups is 2. The SMILES string of the molecule is CC(C)(C)N(C(=O)O)[C@H](CCOCc1ccccc1)C(=O)N[C@H]1CC[C@H](Nc2cc(-n3c(C(F)F)nc4ccccc43)nc(N3CCOCC3)n2)CC1. The van der Waals surface area contributed by atoms with Crippen molar-refractivity contribution in [1.29, 1.82) is 0 Å². The fourth-order valence-corrected chi connectivity index (χ4v) is 7.06. The standard InChI is InChI=1S/C38H48F2N8O5/c1-38(2,3)48(37(50)51)30(17-20-53-24-25-9-5-4-6-10-25)35(49)42-27-15-13-26(14-16-27)41-31-23-32(45-36(44-31)46-18-21-52-22-19-46)47-29-12-8-7-11-28(29)43-34(47)33(39)40/h4-12,23,26-27,30,33H,13-22,24H2,1-3H3,(H,42,49)(H,50,51)(H,41,44,45)/t26-,27-,30-/m1/s1. The summed E-state index contributed by atoms with van der Waals surface area (Å²) in [6.07, 6.45) is -1.09. The second-order valence-corrected chi connectivity index (χ2v) is 14.5. The molecule has 53 heavy (non-hydrogen) atoms. The molecule has 2 aromatic carbocycles. The van der Waals surface area contributed by atoms with Gasteiger partial charge in [0.15, 0.2) is 5.82 Å². The molecule has 13 nitrogen and oxygen atoms in total. The van der Waals surface area contributed by atoms with Crippen LogP contribution < -0.4 is 15.5 Å². The van der Waals surface area contributed by atoms with Gasteiger partial charge in [0.2, 0.25) is 11.9 Å². The zero-order chi connectivity index (χ0) is 37.5. The summed E-state index contributed by atoms with van der Waals surface area (Å²) >= 11 is 0. The summed E-state index contributed by atoms with van der Waals surface area (Å²) in [5.74, 6) is 0.455. The van der Waals surface area contributed by atoms with Crippen LogP contribution in [0.3, 0.4) is 0 Å². The molecular formula is C38H48F2N8O5. The Hall–Kier alpha value is -4.89. The number of morpholine rings is 1. The molecule has 0 radical (unpaired) electrons. The van der Waals surface area contributed by atoms with E-state index in [4.69, 9.17) is 19.4 Å². The van der Waals surface area contributed by atoms with Crippen molar-refractivity contribution >= 4 is 34.8 Å². The molecule has 4 aromatic rings. The van der Waals surface area contributed by atoms with Crippen molar-refractivity contribution in [3.05, 3.63) is 72.1 Å². The number of halogens is 2. The summed E-state index contributed by atoms with van der Waals surface area (Å²) in [5, 5.41) is 16.8. The molecule has 0 spiro atoms. The van der Waals surface area contributed by atoms with Crippen LogP contribution in [0.5, 0.6) is 0 Å². The number of rotatable bonds is 13. The number of benzene rings is 2. The van der Waals surface area contributed by atoms with E-state index in [-0.39, 0.29) is 36.8 Å². The second kappa shape index (κ2) is 16.8. The van der Waals surface area contributed by atoms with Gasteiger partial charge >= 0.3 is 6.09 Å². The Kier molecular flexibility index (Phi) is 12.0. The monoisotopic (exact) mass is 734 g/mol. The molecule has 3 heterocycles. The molecule has 3 N–H and O–H groups in total. The number of fused-ring (bicyclic) bond motifs is 1. The minimum absolute atomic E-state index is 0.00943. The van der Waals surface area contributed by atoms with Gasteiger partial charge in [0.1, 0.15) is 17.7 Å². The Morgan fingerprint density at radius 2 is 1.66 bits per heavy atom. The highest BCUT2D eigenvalue weighted by Crippen LogP contribution is 2.30. The number of alkyl halides is 2. The number of nitrogens with one attached hydrogen (secondary N) is 2. The van der Waals surface area contributed by atoms with Crippen LogP contribution in [-0.2, 0) is 20.9 Å². The number of amides is 2. The van der Waals surface area contributed by atoms with Crippen molar-refractivity contribution in [3.8, 4) is 5.82 Å². The van der Waals surface area contributed by atoms with Crippen molar-refractivity contribution in [3.63, 3.8) is 0 Å². The summed E-state index contributed by atoms with van der Waals surface area (Å²) < 4.78 is 41.4. The lowest BCUT2D eigenvalue weighted by atomic mass is 9.90. The zero-order valence-corrected chi connectivity index (χ0v) is 30.4. The average molecular weight is 735 g/mol. The van der Waals surface area contributed by atoms with Crippen LogP contribution in [0.2, 0.25) is 0 Å². The number of aromatic nitrogens is 4. The molecule has 2 amide bonds. The third kappa shape index (κ3) is 9.38. The van der Waals surface area contributed by atoms with E-state index < -0.39 is 29.9 Å². The smallest absolute Gasteiger partial charge is 0.408 e. The number of imidazole rings is 1. The largest absolute Gasteiger partial charge is 0.465 e. The first-order valence-electron chi connectivity index (χ1n) is 18.2. The lowest BCUT2D eigenvalue weighted by Crippen LogP contribution is -2.58. The number of carboxylic acid groups (broad SMARTS) is 1. The van der Waals surface area contributed by atoms with Gasteiger partial charge in [-0.2, -0.15) is 9.97 Å². The lowest BCUT2D eigenvalue weighted by Gasteiger charge is -2.40. The van der Waals surface area contributed by atoms with E-state index in [0.29, 0.717) is 81.4 Å². The van der Waals surface area contributed by atoms with E-state index in [9.17, 15) is 23.5 Å². The van der Waals surface area contributed by atoms with Gasteiger partial charge in [-0.05, 0) is 64.2 Å². The van der Waals surface area contributed by atoms with E-state index in [1.165, 1.54) is 9.47 Å². The van der Waals surface area contributed by atoms with Gasteiger partial charge in [-0.15, -0.1) is 0 Å². The van der Waals surface area contributed by atoms with E-state index in [0.717, 1.165) is 5.56 Å². The van der Waals surface area contributed by atoms with Crippen molar-refractivity contribution < 1.29 is 33.0 Å². The van der Waals surface area contributed by atoms with E-state index in [1.807, 2.05) is 35.2 Å². The van der Waals surface area contributed by atoms with Crippen LogP contribution in [0.15, 0.2) is 60.7 Å². The summed E-state index contributed by atoms with van der Waals surface area (Å²) in [6, 6.07) is 17.2. The second-order valence-electron chi connectivity index (χ2n) is 14.5. The van der Waals surface area contributed by atoms with E-state index in [2.05, 4.69) is 15.6 Å². The molecule has 2 fully saturated rings. The van der Waals surface area contributed by atoms with Crippen molar-refractivity contribution in [2.45, 2.75) is 89.6 Å². The highest BCUT2D eigenvalue weighted by Gasteiger charge is 2.38. The number of hydrogen-bond donors (Lipinski definition) is 3. The van der Waals surface area contributed by atoms with Gasteiger partial charge in [-0.1, -0.05) is 42.5 Å². The summed E-state index contributed by atoms with van der Waals surface area (Å²) in [4.78, 5) is 43.1. The van der Waals surface area contributed by atoms with Crippen molar-refractivity contribution in [1.82, 2.24) is 29.7 Å². The third-order valence-electron chi connectivity index (χ3n) is 9.62. The van der Waals surface area contributed by atoms with Crippen molar-refractivity contribution in [2.75, 3.05) is 43.1 Å². The number of anilines is 2. The predicted octanol–water partition coefficient (Wildman–Crippen LogP) is 6.18. The Labute approximate surface area is 307 Å². The first-order chi connectivity index (χ1) is 25.5. The van der Waals surface area contributed by atoms with E-state index >= 15 is 0 Å². The Balaban J connectivity index is 1.14. The molecule has 1 aliphatic carbocycles. The quantitative estimate of drug-likeness (QED) is 0.136. The zero-order valence-electron chi connectivity index (χ0n) is 30.4. The molecule has 1 saturated heterocycles. The molecule has 0 unspecified atom stereocenters. The maximum atomic E-state index is 14.3. The first kappa shape index (κ1) is 37.9. The van der Waals surface area contributed by atoms with Gasteiger partial charge in [-0.25, -0.2) is 18.6 Å². The fraction of sp³-hybridized carbons (Fsp3) is 0.500. The number of hydrogen-bond acceptors (Lipinski definition) is 9. The molecule has 0 bridgehead atoms. The maximum Gasteiger partial charge on any atom is 0.408 e. The van der Waals surface area contributed by atoms with Crippen LogP contribution in [0.25, 0.3) is 16.9 Å². The summed E-state index contributed by atoms with van der Waals surface area (Å²) in [6.45, 7) is 8.03. The van der Waals surface area contributed by atoms with E-state index in [1.54, 1.807) is 51.1 Å². The normalized spacial score (nSPS) is 18.6. The van der Waals surface area contributed by atoms with Crippen LogP contribution in [0.1, 0.15) is 70.7 Å². The molecule has 284 valence electrons. The molecule has 2 aromatic heterocycles. The Morgan fingerprint density at radius 1 is 0.981 bits per heavy atom. The minimum atomic E-state index is -2.82. The predicted molar refractivity (Wildman–Crippen MR) is 197 cm³/mol. The lowest BCUT2D eigenvalue weighted by molar-refractivity contribution is -0.129. The van der Waals surface area contributed by atoms with Gasteiger partial charge in [-0.3, -0.25) is 14.3 Å². The minimum Gasteiger partial charge on any atom is -0.465 e. The molecule has 2 aliphatic rings. The molecular weight excluding hydrogens is 686 g/mol. The molecule has 6 rings (SSSR count). The van der Waals surface area contributed by atoms with Gasteiger partial charge in [0.05, 0.1) is 30.9 Å². The highest BCUT2D eigenvalue weighted by atomic mass is 19.3. The van der Waals surface area contributed by atoms with Gasteiger partial charge in [0.25, 0.3) is 6.43 Å². The highest BCUT2D eigenvalue weighted by molar-refractivity contribution is 5.86. The molecule has 1 saturated carbocycles. The summed E-state index contributed by atoms with van der Waals surface area (Å²) in [5.41, 5.74) is 1.14. The number of ether oxygens (including phenoxy) is 2. The average Bonchev–Trinajstić information content (AvgIpc) is 3.54. The van der Waals surface area contributed by atoms with Gasteiger partial charge in [0, 0.05) is 49.8 Å². The Morgan fingerprint density at radius 3 is 2.34 bits per heavy atom. The van der Waals surface area contributed by atoms with Crippen LogP contribution in [0, 0.1) is 0 Å². The van der Waals surface area contributed by atoms with Crippen LogP contribution in [-0.4, -0.2) is 98.1 Å². The van der Waals surface area contributed by atoms with Crippen molar-refractivity contribution in [2.24, 2.45) is 0 Å². The summed E-state index contributed by atoms with van der Waals surface area (Å²) in [7, 11) is 0. The fourth-order valence-electron chi connectivity index (χ4n) is 7.06. The molecule has 1 aliphatic heterocycles. The number of nitrogens with zero attached hydrogens (tertiary/aromatic N) is 6. The number of para-hydroxylation sites is 2. The number of carbonyl (C=O) groups excluding carboxylic acids is 1. The van der Waals surface area contributed by atoms with Crippen LogP contribution >= 0.6 is 0 Å². The molecule has 15 heteroatoms. The van der Waals surface area contributed by atoms with Crippen LogP contribution in [0.4, 0.5) is 25.3 Å². The first-order valence-corrected chi connectivity index (χ1v) is 18.2. The topological polar surface area (TPSA) is 147 Å². The third-order valence-corrected chi connectivity index (χ3v) is 9.62. The maximum absolute atomic E-state index is 14.3. The van der Waals surface area contributed by atoms with Gasteiger partial charge < -0.3 is 30.1 Å². The molecule has 1 atom stereocenters. The Bertz CT molecular complexity index is 1840.